The highest BCUT2D eigenvalue weighted by Gasteiger charge is 2.45. The summed E-state index contributed by atoms with van der Waals surface area (Å²) in [5.41, 5.74) is 0. The van der Waals surface area contributed by atoms with E-state index in [1.54, 1.807) is 0 Å². The smallest absolute Gasteiger partial charge is 0.248 e. The van der Waals surface area contributed by atoms with Gasteiger partial charge in [0, 0.05) is 31.2 Å². The van der Waals surface area contributed by atoms with Crippen molar-refractivity contribution >= 4 is 5.91 Å². The Balaban J connectivity index is 1.94. The minimum atomic E-state index is -2.71. The normalized spacial score (nSPS) is 36.5. The van der Waals surface area contributed by atoms with Crippen molar-refractivity contribution in [2.24, 2.45) is 11.8 Å². The molecule has 0 radical (unpaired) electrons. The largest absolute Gasteiger partial charge is 0.339 e. The maximum absolute atomic E-state index is 13.5. The topological polar surface area (TPSA) is 20.3 Å². The van der Waals surface area contributed by atoms with Crippen LogP contribution in [-0.4, -0.2) is 36.0 Å². The first kappa shape index (κ1) is 12.7. The van der Waals surface area contributed by atoms with Crippen molar-refractivity contribution < 1.29 is 18.0 Å². The van der Waals surface area contributed by atoms with Gasteiger partial charge in [-0.2, -0.15) is 0 Å². The molecule has 0 N–H and O–H groups in total. The van der Waals surface area contributed by atoms with Crippen molar-refractivity contribution in [1.29, 1.82) is 0 Å². The van der Waals surface area contributed by atoms with Gasteiger partial charge < -0.3 is 4.90 Å². The van der Waals surface area contributed by atoms with E-state index in [4.69, 9.17) is 0 Å². The maximum Gasteiger partial charge on any atom is 0.248 e. The number of carbonyl (C=O) groups is 1. The summed E-state index contributed by atoms with van der Waals surface area (Å²) in [4.78, 5) is 13.4. The first-order valence-corrected chi connectivity index (χ1v) is 6.23. The third kappa shape index (κ3) is 2.58. The van der Waals surface area contributed by atoms with Crippen LogP contribution < -0.4 is 0 Å². The highest BCUT2D eigenvalue weighted by Crippen LogP contribution is 2.40. The third-order valence-corrected chi connectivity index (χ3v) is 3.95. The van der Waals surface area contributed by atoms with Gasteiger partial charge in [0.05, 0.1) is 6.54 Å². The number of halogens is 3. The fourth-order valence-electron chi connectivity index (χ4n) is 2.82. The van der Waals surface area contributed by atoms with Gasteiger partial charge in [0.25, 0.3) is 0 Å². The molecule has 0 aromatic rings. The van der Waals surface area contributed by atoms with E-state index in [-0.39, 0.29) is 37.6 Å². The van der Waals surface area contributed by atoms with Crippen LogP contribution in [0.4, 0.5) is 13.2 Å². The minimum Gasteiger partial charge on any atom is -0.339 e. The van der Waals surface area contributed by atoms with Crippen LogP contribution in [0.2, 0.25) is 0 Å². The van der Waals surface area contributed by atoms with Crippen LogP contribution in [0.25, 0.3) is 0 Å². The molecule has 1 amide bonds. The number of hydrogen-bond donors (Lipinski definition) is 0. The zero-order chi connectivity index (χ0) is 12.6. The molecule has 98 valence electrons. The molecule has 17 heavy (non-hydrogen) atoms. The van der Waals surface area contributed by atoms with Crippen molar-refractivity contribution in [3.8, 4) is 0 Å². The van der Waals surface area contributed by atoms with E-state index < -0.39 is 18.0 Å². The Labute approximate surface area is 99.2 Å². The highest BCUT2D eigenvalue weighted by molar-refractivity contribution is 5.79. The first-order chi connectivity index (χ1) is 7.93. The number of carbonyl (C=O) groups excluding carboxylic acids is 1. The van der Waals surface area contributed by atoms with Gasteiger partial charge in [-0.05, 0) is 12.8 Å². The maximum atomic E-state index is 13.5. The molecule has 1 heterocycles. The number of rotatable bonds is 2. The quantitative estimate of drug-likeness (QED) is 0.736. The first-order valence-electron chi connectivity index (χ1n) is 6.23. The zero-order valence-electron chi connectivity index (χ0n) is 9.96. The number of hydrogen-bond acceptors (Lipinski definition) is 1. The summed E-state index contributed by atoms with van der Waals surface area (Å²) in [5.74, 6) is -3.71. The molecule has 1 unspecified atom stereocenters. The van der Waals surface area contributed by atoms with Gasteiger partial charge in [-0.3, -0.25) is 4.79 Å². The molecule has 2 rings (SSSR count). The Morgan fingerprint density at radius 1 is 1.41 bits per heavy atom. The van der Waals surface area contributed by atoms with Crippen molar-refractivity contribution in [1.82, 2.24) is 4.90 Å². The minimum absolute atomic E-state index is 0.0827. The summed E-state index contributed by atoms with van der Waals surface area (Å²) >= 11 is 0. The standard InChI is InChI=1S/C12H18F3NO/c1-2-8-6-16(7-10(8)13)11(17)9-3-4-12(14,15)5-9/h8-10H,2-7H2,1H3/t8-,9?,10+/m1/s1. The lowest BCUT2D eigenvalue weighted by atomic mass is 10.0. The lowest BCUT2D eigenvalue weighted by Gasteiger charge is -2.20. The molecule has 0 aromatic carbocycles. The summed E-state index contributed by atoms with van der Waals surface area (Å²) in [6, 6.07) is 0. The molecule has 3 atom stereocenters. The monoisotopic (exact) mass is 249 g/mol. The summed E-state index contributed by atoms with van der Waals surface area (Å²) in [5, 5.41) is 0. The van der Waals surface area contributed by atoms with E-state index in [0.717, 1.165) is 0 Å². The summed E-state index contributed by atoms with van der Waals surface area (Å²) < 4.78 is 39.5. The van der Waals surface area contributed by atoms with E-state index in [0.29, 0.717) is 13.0 Å². The van der Waals surface area contributed by atoms with Crippen LogP contribution in [0.1, 0.15) is 32.6 Å². The molecular weight excluding hydrogens is 231 g/mol. The average Bonchev–Trinajstić information content (AvgIpc) is 2.80. The third-order valence-electron chi connectivity index (χ3n) is 3.95. The molecule has 0 bridgehead atoms. The second-order valence-electron chi connectivity index (χ2n) is 5.22. The van der Waals surface area contributed by atoms with Gasteiger partial charge in [-0.25, -0.2) is 13.2 Å². The molecule has 2 aliphatic rings. The van der Waals surface area contributed by atoms with Crippen molar-refractivity contribution in [2.75, 3.05) is 13.1 Å². The number of alkyl halides is 3. The summed E-state index contributed by atoms with van der Waals surface area (Å²) in [6.07, 6.45) is -0.656. The van der Waals surface area contributed by atoms with E-state index in [1.807, 2.05) is 6.92 Å². The van der Waals surface area contributed by atoms with Gasteiger partial charge in [0.2, 0.25) is 11.8 Å². The molecule has 1 saturated carbocycles. The molecule has 1 aliphatic carbocycles. The number of likely N-dealkylation sites (tertiary alicyclic amines) is 1. The second kappa shape index (κ2) is 4.50. The Morgan fingerprint density at radius 3 is 2.59 bits per heavy atom. The number of nitrogens with zero attached hydrogens (tertiary/aromatic N) is 1. The number of amides is 1. The Bertz CT molecular complexity index is 308. The van der Waals surface area contributed by atoms with Gasteiger partial charge >= 0.3 is 0 Å². The predicted octanol–water partition coefficient (Wildman–Crippen LogP) is 2.63. The van der Waals surface area contributed by atoms with E-state index in [1.165, 1.54) is 4.90 Å². The van der Waals surface area contributed by atoms with Crippen molar-refractivity contribution in [2.45, 2.75) is 44.7 Å². The van der Waals surface area contributed by atoms with Gasteiger partial charge in [0.15, 0.2) is 0 Å². The molecule has 1 aliphatic heterocycles. The van der Waals surface area contributed by atoms with Crippen LogP contribution in [0, 0.1) is 11.8 Å². The highest BCUT2D eigenvalue weighted by atomic mass is 19.3. The van der Waals surface area contributed by atoms with E-state index in [2.05, 4.69) is 0 Å². The van der Waals surface area contributed by atoms with Crippen molar-refractivity contribution in [3.63, 3.8) is 0 Å². The SMILES string of the molecule is CC[C@@H]1CN(C(=O)C2CCC(F)(F)C2)C[C@@H]1F. The van der Waals surface area contributed by atoms with E-state index >= 15 is 0 Å². The molecule has 0 spiro atoms. The zero-order valence-corrected chi connectivity index (χ0v) is 9.96. The van der Waals surface area contributed by atoms with Crippen LogP contribution in [0.5, 0.6) is 0 Å². The lowest BCUT2D eigenvalue weighted by molar-refractivity contribution is -0.135. The Hall–Kier alpha value is -0.740. The van der Waals surface area contributed by atoms with Crippen LogP contribution >= 0.6 is 0 Å². The molecule has 1 saturated heterocycles. The van der Waals surface area contributed by atoms with Gasteiger partial charge in [-0.15, -0.1) is 0 Å². The average molecular weight is 249 g/mol. The Kier molecular flexibility index (Phi) is 3.36. The van der Waals surface area contributed by atoms with Gasteiger partial charge in [-0.1, -0.05) is 6.92 Å². The summed E-state index contributed by atoms with van der Waals surface area (Å²) in [6.45, 7) is 2.35. The van der Waals surface area contributed by atoms with Crippen LogP contribution in [0.15, 0.2) is 0 Å². The molecular formula is C12H18F3NO. The fourth-order valence-corrected chi connectivity index (χ4v) is 2.82. The molecule has 0 aromatic heterocycles. The van der Waals surface area contributed by atoms with Crippen molar-refractivity contribution in [3.05, 3.63) is 0 Å². The second-order valence-corrected chi connectivity index (χ2v) is 5.22. The summed E-state index contributed by atoms with van der Waals surface area (Å²) in [7, 11) is 0. The van der Waals surface area contributed by atoms with Gasteiger partial charge in [0.1, 0.15) is 6.17 Å². The predicted molar refractivity (Wildman–Crippen MR) is 57.5 cm³/mol. The van der Waals surface area contributed by atoms with Crippen LogP contribution in [0.3, 0.4) is 0 Å². The fraction of sp³-hybridized carbons (Fsp3) is 0.917. The Morgan fingerprint density at radius 2 is 2.12 bits per heavy atom. The molecule has 2 nitrogen and oxygen atoms in total. The van der Waals surface area contributed by atoms with Crippen LogP contribution in [-0.2, 0) is 4.79 Å². The molecule has 2 fully saturated rings. The molecule has 5 heteroatoms. The lowest BCUT2D eigenvalue weighted by Crippen LogP contribution is -2.34. The van der Waals surface area contributed by atoms with E-state index in [9.17, 15) is 18.0 Å².